The van der Waals surface area contributed by atoms with Crippen LogP contribution in [0.4, 0.5) is 11.4 Å². The van der Waals surface area contributed by atoms with Crippen molar-refractivity contribution in [2.75, 3.05) is 11.1 Å². The number of aldehydes is 2. The highest BCUT2D eigenvalue weighted by Gasteiger charge is 2.42. The van der Waals surface area contributed by atoms with Crippen LogP contribution in [0.25, 0.3) is 22.3 Å². The summed E-state index contributed by atoms with van der Waals surface area (Å²) < 4.78 is 50.7. The Hall–Kier alpha value is -14.9. The van der Waals surface area contributed by atoms with Crippen LogP contribution >= 0.6 is 98.4 Å². The lowest BCUT2D eigenvalue weighted by molar-refractivity contribution is 0.0528. The van der Waals surface area contributed by atoms with Gasteiger partial charge in [0.05, 0.1) is 17.0 Å². The first-order valence-corrected chi connectivity index (χ1v) is 48.8. The normalized spacial score (nSPS) is 10.8. The molecular formula is C105H87BBr3Cl3N15O13P2+. The van der Waals surface area contributed by atoms with Gasteiger partial charge in [-0.3, -0.25) is 44.1 Å². The number of hydrogen-bond acceptors (Lipinski definition) is 28. The SMILES string of the molecule is CC(O)(Cc1cncnc1)c1ccc(-c2ccc(Cl)cc2)cn1.Nc1ccccc1.O=C(Cc1cncnc1)c1ccc(-c2ccc(Cl)cc2)cn1.O=C(Cc1cncnc1)c1ccc(Br)cn1.O=Cc1ccc(Br)cn1.O=Cc1cncnc1.O=P(Oc1ccccc1)(Oc1ccccc1)C(Nc1ccccc1)c1ccc(Br)cn1.O=[P+](Oc1ccccc1)Oc1ccccc1.OB(O)c1ccc(Cl)cc1. The molecule has 714 valence electrons. The molecule has 0 amide bonds. The zero-order valence-corrected chi connectivity index (χ0v) is 84.1. The van der Waals surface area contributed by atoms with Gasteiger partial charge in [0.15, 0.2) is 41.4 Å². The zero-order valence-electron chi connectivity index (χ0n) is 75.2. The third kappa shape index (κ3) is 39.8. The lowest BCUT2D eigenvalue weighted by Gasteiger charge is -2.28. The van der Waals surface area contributed by atoms with Gasteiger partial charge in [0, 0.05) is 155 Å². The maximum atomic E-state index is 14.4. The van der Waals surface area contributed by atoms with E-state index in [-0.39, 0.29) is 24.4 Å². The van der Waals surface area contributed by atoms with Gasteiger partial charge in [-0.2, -0.15) is 0 Å². The molecular weight excluding hydrogens is 2100 g/mol. The number of aliphatic hydroxyl groups is 1. The Morgan fingerprint density at radius 3 is 1.15 bits per heavy atom. The van der Waals surface area contributed by atoms with Crippen molar-refractivity contribution < 1.29 is 61.6 Å². The molecule has 9 aromatic carbocycles. The first-order valence-electron chi connectivity index (χ1n) is 42.6. The Morgan fingerprint density at radius 1 is 0.423 bits per heavy atom. The summed E-state index contributed by atoms with van der Waals surface area (Å²) in [6.45, 7) is 1.74. The fourth-order valence-corrected chi connectivity index (χ4v) is 15.3. The van der Waals surface area contributed by atoms with Crippen LogP contribution in [0.15, 0.2) is 435 Å². The first kappa shape index (κ1) is 109. The number of nitrogens with one attached hydrogen (secondary N) is 1. The smallest absolute Gasteiger partial charge is 0.423 e. The second kappa shape index (κ2) is 59.5. The predicted molar refractivity (Wildman–Crippen MR) is 562 cm³/mol. The van der Waals surface area contributed by atoms with E-state index < -0.39 is 34.4 Å². The van der Waals surface area contributed by atoms with Crippen LogP contribution in [0.2, 0.25) is 15.1 Å². The molecule has 6 N–H and O–H groups in total. The van der Waals surface area contributed by atoms with E-state index in [9.17, 15) is 33.4 Å². The Labute approximate surface area is 860 Å². The molecule has 28 nitrogen and oxygen atoms in total. The van der Waals surface area contributed by atoms with Crippen molar-refractivity contribution in [2.24, 2.45) is 0 Å². The highest BCUT2D eigenvalue weighted by molar-refractivity contribution is 9.11. The predicted octanol–water partition coefficient (Wildman–Crippen LogP) is 23.7. The standard InChI is InChI=1S/C24H20BrN2O3P.C18H16ClN3O.C17H12ClN3O.C12H10O3P.C11H8BrN3O.C6H6BClO2.C6H4BrNO.C6H7N.C5H4N2O/c25-19-16-17-23(26-18-19)24(27-20-10-4-1-5-11-20)31(28,29-21-12-6-2-7-13-21)30-22-14-8-3-9-15-22;1-18(23,8-13-9-20-12-21-10-13)17-7-4-15(11-22-17)14-2-5-16(19)6-3-14;18-15-4-1-13(2-5-15)14-3-6-16(21-10-14)17(22)7-12-8-19-11-20-9-12;13-16(14-11-7-3-1-4-8-11)15-12-9-5-2-6-10-12;12-9-1-2-10(15-6-9)11(16)3-8-4-13-7-14-5-8;8-6-3-1-5(2-4-6)7(9)10;7-5-1-2-6(4-9)8-3-5;7-6-4-2-1-3-5-6;8-3-5-1-6-4-7-2-5/h1-18,24,27H;2-7,9-12,23H,8H2,1H3;1-6,8-11H,7H2;1-10H;1-2,4-7H,3H2;1-4,9-10H;1-4H;1-5H,7H2;1-4H/q;;;+1;;;;;. The largest absolute Gasteiger partial charge is 0.805 e. The lowest BCUT2D eigenvalue weighted by atomic mass is 9.81. The Morgan fingerprint density at radius 2 is 0.789 bits per heavy atom. The average Bonchev–Trinajstić information content (AvgIpc) is 0.801. The van der Waals surface area contributed by atoms with Crippen molar-refractivity contribution >= 4 is 147 Å². The number of aromatic nitrogens is 13. The molecule has 142 heavy (non-hydrogen) atoms. The molecule has 0 aliphatic rings. The molecule has 0 bridgehead atoms. The summed E-state index contributed by atoms with van der Waals surface area (Å²) in [5.41, 5.74) is 15.7. The molecule has 0 spiro atoms. The number of pyridine rings is 5. The third-order valence-corrected chi connectivity index (χ3v) is 23.5. The number of benzene rings is 9. The number of nitrogens with zero attached hydrogens (tertiary/aromatic N) is 13. The number of rotatable bonds is 26. The fourth-order valence-electron chi connectivity index (χ4n) is 11.7. The van der Waals surface area contributed by atoms with Crippen LogP contribution in [-0.2, 0) is 34.0 Å². The number of carbonyl (C=O) groups is 4. The minimum atomic E-state index is -3.86. The van der Waals surface area contributed by atoms with Gasteiger partial charge in [0.1, 0.15) is 59.5 Å². The van der Waals surface area contributed by atoms with Gasteiger partial charge in [-0.15, -0.1) is 0 Å². The Kier molecular flexibility index (Phi) is 45.7. The van der Waals surface area contributed by atoms with Crippen LogP contribution in [-0.4, -0.2) is 111 Å². The second-order valence-corrected chi connectivity index (χ2v) is 36.3. The molecule has 0 fully saturated rings. The maximum absolute atomic E-state index is 14.4. The number of halogens is 6. The van der Waals surface area contributed by atoms with Gasteiger partial charge in [-0.1, -0.05) is 193 Å². The van der Waals surface area contributed by atoms with Crippen molar-refractivity contribution in [3.63, 3.8) is 0 Å². The van der Waals surface area contributed by atoms with E-state index >= 15 is 0 Å². The van der Waals surface area contributed by atoms with E-state index in [1.807, 2.05) is 182 Å². The molecule has 0 saturated carbocycles. The Bertz CT molecular complexity index is 6750. The number of para-hydroxylation sites is 6. The number of nitrogen functional groups attached to an aromatic ring is 1. The van der Waals surface area contributed by atoms with E-state index in [4.69, 9.17) is 68.7 Å². The van der Waals surface area contributed by atoms with Gasteiger partial charge in [0.2, 0.25) is 0 Å². The first-order chi connectivity index (χ1) is 68.8. The van der Waals surface area contributed by atoms with Gasteiger partial charge in [-0.25, -0.2) is 53.5 Å². The van der Waals surface area contributed by atoms with Crippen LogP contribution in [0.3, 0.4) is 0 Å². The molecule has 0 saturated heterocycles. The zero-order chi connectivity index (χ0) is 101. The molecule has 0 aliphatic carbocycles. The van der Waals surface area contributed by atoms with Gasteiger partial charge >= 0.3 is 23.0 Å². The summed E-state index contributed by atoms with van der Waals surface area (Å²) >= 11 is 27.2. The summed E-state index contributed by atoms with van der Waals surface area (Å²) in [5.74, 6) is 0.986. The summed E-state index contributed by atoms with van der Waals surface area (Å²) in [4.78, 5) is 95.6. The van der Waals surface area contributed by atoms with Crippen LogP contribution in [0, 0.1) is 0 Å². The molecule has 9 heterocycles. The Balaban J connectivity index is 0.000000170. The monoisotopic (exact) mass is 2180 g/mol. The van der Waals surface area contributed by atoms with E-state index in [1.165, 1.54) is 37.7 Å². The number of nitrogens with two attached hydrogens (primary N) is 1. The number of ketones is 2. The topological polar surface area (TPSA) is 406 Å². The van der Waals surface area contributed by atoms with E-state index in [0.29, 0.717) is 96.6 Å². The number of hydrogen-bond donors (Lipinski definition) is 5. The minimum absolute atomic E-state index is 0.0395. The summed E-state index contributed by atoms with van der Waals surface area (Å²) in [7, 11) is -7.45. The van der Waals surface area contributed by atoms with Gasteiger partial charge < -0.3 is 35.3 Å². The van der Waals surface area contributed by atoms with Crippen LogP contribution < -0.4 is 34.6 Å². The molecule has 9 aromatic heterocycles. The van der Waals surface area contributed by atoms with Crippen molar-refractivity contribution in [3.05, 3.63) is 501 Å². The van der Waals surface area contributed by atoms with Gasteiger partial charge in [-0.05, 0) is 246 Å². The summed E-state index contributed by atoms with van der Waals surface area (Å²) in [5, 5.41) is 33.2. The van der Waals surface area contributed by atoms with Crippen LogP contribution in [0.5, 0.6) is 23.0 Å². The van der Waals surface area contributed by atoms with Crippen molar-refractivity contribution in [3.8, 4) is 45.3 Å². The molecule has 2 atom stereocenters. The van der Waals surface area contributed by atoms with Crippen molar-refractivity contribution in [1.29, 1.82) is 0 Å². The fraction of sp³-hybridized carbons (Fsp3) is 0.0571. The summed E-state index contributed by atoms with van der Waals surface area (Å²) in [6.07, 6.45) is 29.2. The molecule has 0 aliphatic heterocycles. The van der Waals surface area contributed by atoms with Gasteiger partial charge in [0.25, 0.3) is 0 Å². The molecule has 0 radical (unpaired) electrons. The highest BCUT2D eigenvalue weighted by atomic mass is 79.9. The number of carbonyl (C=O) groups excluding carboxylic acids is 4. The average molecular weight is 2190 g/mol. The summed E-state index contributed by atoms with van der Waals surface area (Å²) in [6, 6.07) is 94.2. The van der Waals surface area contributed by atoms with E-state index in [0.717, 1.165) is 63.7 Å². The van der Waals surface area contributed by atoms with Crippen LogP contribution in [0.1, 0.15) is 82.6 Å². The van der Waals surface area contributed by atoms with E-state index in [2.05, 4.69) is 118 Å². The molecule has 18 aromatic rings. The maximum Gasteiger partial charge on any atom is 0.805 e. The minimum Gasteiger partial charge on any atom is -0.423 e. The second-order valence-electron chi connectivity index (χ2n) is 29.5. The van der Waals surface area contributed by atoms with E-state index in [1.54, 1.807) is 209 Å². The number of Topliss-reactive ketones (excluding diaryl/α,β-unsaturated/α-hetero) is 2. The number of anilines is 2. The third-order valence-electron chi connectivity index (χ3n) is 18.6. The lowest BCUT2D eigenvalue weighted by Crippen LogP contribution is -2.29. The molecule has 18 rings (SSSR count). The quantitative estimate of drug-likeness (QED) is 0.0110. The van der Waals surface area contributed by atoms with Crippen molar-refractivity contribution in [1.82, 2.24) is 64.8 Å². The molecule has 2 unspecified atom stereocenters. The highest BCUT2D eigenvalue weighted by Crippen LogP contribution is 2.60. The van der Waals surface area contributed by atoms with Crippen molar-refractivity contribution in [2.45, 2.75) is 37.6 Å². The molecule has 37 heteroatoms.